The number of carbonyl (C=O) groups excluding carboxylic acids is 1. The van der Waals surface area contributed by atoms with Crippen LogP contribution in [0.1, 0.15) is 10.5 Å². The first kappa shape index (κ1) is 17.8. The molecule has 4 aromatic rings. The molecule has 0 fully saturated rings. The predicted octanol–water partition coefficient (Wildman–Crippen LogP) is 4.81. The molecule has 0 aliphatic carbocycles. The molecule has 2 aromatic carbocycles. The van der Waals surface area contributed by atoms with Crippen LogP contribution in [0.5, 0.6) is 0 Å². The van der Waals surface area contributed by atoms with Crippen molar-refractivity contribution >= 4 is 45.6 Å². The summed E-state index contributed by atoms with van der Waals surface area (Å²) in [5.74, 6) is -0.564. The number of benzene rings is 2. The maximum absolute atomic E-state index is 13.2. The molecule has 6 nitrogen and oxygen atoms in total. The number of fused-ring (bicyclic) bond motifs is 1. The molecule has 0 saturated carbocycles. The Bertz CT molecular complexity index is 1160. The van der Waals surface area contributed by atoms with Gasteiger partial charge in [0, 0.05) is 17.3 Å². The molecule has 2 aromatic heterocycles. The summed E-state index contributed by atoms with van der Waals surface area (Å²) in [6.07, 6.45) is 1.72. The summed E-state index contributed by atoms with van der Waals surface area (Å²) >= 11 is 5.71. The monoisotopic (exact) mass is 393 g/mol. The van der Waals surface area contributed by atoms with Gasteiger partial charge in [0.2, 0.25) is 0 Å². The lowest BCUT2D eigenvalue weighted by atomic mass is 10.2. The van der Waals surface area contributed by atoms with Gasteiger partial charge in [-0.2, -0.15) is 0 Å². The normalized spacial score (nSPS) is 10.6. The Hall–Kier alpha value is -3.58. The fraction of sp³-hybridized carbons (Fsp3) is 0. The maximum Gasteiger partial charge on any atom is 0.276 e. The van der Waals surface area contributed by atoms with E-state index >= 15 is 0 Å². The topological polar surface area (TPSA) is 79.8 Å². The Labute approximate surface area is 164 Å². The Morgan fingerprint density at radius 1 is 1.00 bits per heavy atom. The first-order valence-electron chi connectivity index (χ1n) is 8.31. The minimum atomic E-state index is -0.558. The molecular formula is C20H13ClFN5O. The molecule has 0 radical (unpaired) electrons. The number of hydrogen-bond acceptors (Lipinski definition) is 5. The van der Waals surface area contributed by atoms with E-state index in [4.69, 9.17) is 11.6 Å². The van der Waals surface area contributed by atoms with Gasteiger partial charge in [-0.3, -0.25) is 9.78 Å². The second-order valence-electron chi connectivity index (χ2n) is 5.89. The highest BCUT2D eigenvalue weighted by Crippen LogP contribution is 2.23. The molecule has 0 spiro atoms. The molecule has 0 bridgehead atoms. The van der Waals surface area contributed by atoms with Gasteiger partial charge in [-0.05, 0) is 42.5 Å². The van der Waals surface area contributed by atoms with Crippen LogP contribution >= 0.6 is 11.6 Å². The Kier molecular flexibility index (Phi) is 4.82. The smallest absolute Gasteiger partial charge is 0.276 e. The number of pyridine rings is 1. The lowest BCUT2D eigenvalue weighted by Gasteiger charge is -2.08. The Balaban J connectivity index is 1.50. The third kappa shape index (κ3) is 3.74. The molecule has 0 aliphatic heterocycles. The molecule has 0 aliphatic rings. The van der Waals surface area contributed by atoms with E-state index in [9.17, 15) is 9.18 Å². The van der Waals surface area contributed by atoms with E-state index in [0.29, 0.717) is 11.5 Å². The average Bonchev–Trinajstić information content (AvgIpc) is 2.71. The summed E-state index contributed by atoms with van der Waals surface area (Å²) in [5, 5.41) is 14.6. The van der Waals surface area contributed by atoms with Crippen LogP contribution in [-0.2, 0) is 0 Å². The summed E-state index contributed by atoms with van der Waals surface area (Å²) in [7, 11) is 0. The van der Waals surface area contributed by atoms with Crippen molar-refractivity contribution in [2.24, 2.45) is 0 Å². The second-order valence-corrected chi connectivity index (χ2v) is 6.30. The summed E-state index contributed by atoms with van der Waals surface area (Å²) < 4.78 is 13.2. The van der Waals surface area contributed by atoms with E-state index in [1.54, 1.807) is 12.3 Å². The molecule has 8 heteroatoms. The third-order valence-corrected chi connectivity index (χ3v) is 4.26. The third-order valence-electron chi connectivity index (χ3n) is 3.97. The molecule has 0 unspecified atom stereocenters. The van der Waals surface area contributed by atoms with Gasteiger partial charge in [-0.1, -0.05) is 29.8 Å². The fourth-order valence-corrected chi connectivity index (χ4v) is 2.81. The number of aromatic nitrogens is 3. The predicted molar refractivity (Wildman–Crippen MR) is 106 cm³/mol. The summed E-state index contributed by atoms with van der Waals surface area (Å²) in [5.41, 5.74) is 2.07. The van der Waals surface area contributed by atoms with Gasteiger partial charge >= 0.3 is 0 Å². The van der Waals surface area contributed by atoms with Gasteiger partial charge < -0.3 is 10.6 Å². The SMILES string of the molecule is O=C(Nc1ccc(F)c(Cl)c1)c1ccc(Nc2cccc3cccnc23)nn1. The number of halogens is 2. The van der Waals surface area contributed by atoms with Crippen LogP contribution in [0, 0.1) is 5.82 Å². The lowest BCUT2D eigenvalue weighted by molar-refractivity contribution is 0.102. The van der Waals surface area contributed by atoms with Crippen molar-refractivity contribution in [1.82, 2.24) is 15.2 Å². The van der Waals surface area contributed by atoms with Crippen molar-refractivity contribution in [2.45, 2.75) is 0 Å². The van der Waals surface area contributed by atoms with Gasteiger partial charge in [0.05, 0.1) is 16.2 Å². The summed E-state index contributed by atoms with van der Waals surface area (Å²) in [6.45, 7) is 0. The number of hydrogen-bond donors (Lipinski definition) is 2. The number of amides is 1. The highest BCUT2D eigenvalue weighted by Gasteiger charge is 2.11. The van der Waals surface area contributed by atoms with Crippen LogP contribution in [-0.4, -0.2) is 21.1 Å². The maximum atomic E-state index is 13.2. The summed E-state index contributed by atoms with van der Waals surface area (Å²) in [6, 6.07) is 16.7. The van der Waals surface area contributed by atoms with Crippen molar-refractivity contribution in [1.29, 1.82) is 0 Å². The van der Waals surface area contributed by atoms with E-state index in [1.807, 2.05) is 30.3 Å². The van der Waals surface area contributed by atoms with Crippen LogP contribution < -0.4 is 10.6 Å². The van der Waals surface area contributed by atoms with E-state index in [2.05, 4.69) is 25.8 Å². The number of carbonyl (C=O) groups is 1. The second kappa shape index (κ2) is 7.58. The van der Waals surface area contributed by atoms with Gasteiger partial charge in [-0.25, -0.2) is 4.39 Å². The first-order chi connectivity index (χ1) is 13.6. The zero-order chi connectivity index (χ0) is 19.5. The van der Waals surface area contributed by atoms with Gasteiger partial charge in [0.25, 0.3) is 5.91 Å². The number of rotatable bonds is 4. The zero-order valence-corrected chi connectivity index (χ0v) is 15.1. The minimum Gasteiger partial charge on any atom is -0.337 e. The lowest BCUT2D eigenvalue weighted by Crippen LogP contribution is -2.14. The quantitative estimate of drug-likeness (QED) is 0.520. The van der Waals surface area contributed by atoms with Crippen molar-refractivity contribution < 1.29 is 9.18 Å². The highest BCUT2D eigenvalue weighted by molar-refractivity contribution is 6.31. The van der Waals surface area contributed by atoms with E-state index in [1.165, 1.54) is 24.3 Å². The minimum absolute atomic E-state index is 0.0767. The van der Waals surface area contributed by atoms with Crippen molar-refractivity contribution in [2.75, 3.05) is 10.6 Å². The molecular weight excluding hydrogens is 381 g/mol. The molecule has 0 saturated heterocycles. The highest BCUT2D eigenvalue weighted by atomic mass is 35.5. The van der Waals surface area contributed by atoms with Crippen LogP contribution in [0.15, 0.2) is 66.9 Å². The molecule has 0 atom stereocenters. The molecule has 2 N–H and O–H groups in total. The molecule has 138 valence electrons. The molecule has 2 heterocycles. The number of nitrogens with zero attached hydrogens (tertiary/aromatic N) is 3. The van der Waals surface area contributed by atoms with Crippen molar-refractivity contribution in [3.63, 3.8) is 0 Å². The number of para-hydroxylation sites is 1. The number of nitrogens with one attached hydrogen (secondary N) is 2. The largest absolute Gasteiger partial charge is 0.337 e. The average molecular weight is 394 g/mol. The molecule has 1 amide bonds. The molecule has 28 heavy (non-hydrogen) atoms. The Morgan fingerprint density at radius 2 is 1.86 bits per heavy atom. The fourth-order valence-electron chi connectivity index (χ4n) is 2.63. The van der Waals surface area contributed by atoms with Gasteiger partial charge in [0.1, 0.15) is 5.82 Å². The Morgan fingerprint density at radius 3 is 2.64 bits per heavy atom. The van der Waals surface area contributed by atoms with Crippen LogP contribution in [0.3, 0.4) is 0 Å². The van der Waals surface area contributed by atoms with Gasteiger partial charge in [0.15, 0.2) is 11.5 Å². The van der Waals surface area contributed by atoms with Gasteiger partial charge in [-0.15, -0.1) is 10.2 Å². The van der Waals surface area contributed by atoms with Crippen LogP contribution in [0.25, 0.3) is 10.9 Å². The van der Waals surface area contributed by atoms with E-state index in [0.717, 1.165) is 16.6 Å². The zero-order valence-electron chi connectivity index (χ0n) is 14.4. The number of anilines is 3. The standard InChI is InChI=1S/C20H13ClFN5O/c21-14-11-13(6-7-15(14)22)24-20(28)17-8-9-18(27-26-17)25-16-5-1-3-12-4-2-10-23-19(12)16/h1-11H,(H,24,28)(H,25,27). The van der Waals surface area contributed by atoms with Crippen LogP contribution in [0.2, 0.25) is 5.02 Å². The first-order valence-corrected chi connectivity index (χ1v) is 8.69. The van der Waals surface area contributed by atoms with Crippen molar-refractivity contribution in [3.05, 3.63) is 83.4 Å². The van der Waals surface area contributed by atoms with E-state index in [-0.39, 0.29) is 10.7 Å². The summed E-state index contributed by atoms with van der Waals surface area (Å²) in [4.78, 5) is 16.6. The van der Waals surface area contributed by atoms with Crippen molar-refractivity contribution in [3.8, 4) is 0 Å². The van der Waals surface area contributed by atoms with Crippen LogP contribution in [0.4, 0.5) is 21.6 Å². The van der Waals surface area contributed by atoms with E-state index < -0.39 is 11.7 Å². The molecule has 4 rings (SSSR count).